The summed E-state index contributed by atoms with van der Waals surface area (Å²) in [6, 6.07) is 8.75. The molecule has 5 rings (SSSR count). The van der Waals surface area contributed by atoms with Crippen LogP contribution in [-0.4, -0.2) is 50.6 Å². The molecule has 4 heterocycles. The number of hydrogen-bond donors (Lipinski definition) is 1. The van der Waals surface area contributed by atoms with E-state index in [0.717, 1.165) is 43.7 Å². The van der Waals surface area contributed by atoms with E-state index in [1.54, 1.807) is 6.20 Å². The molecule has 1 aromatic carbocycles. The number of aryl methyl sites for hydroxylation is 2. The van der Waals surface area contributed by atoms with Crippen LogP contribution in [0.3, 0.4) is 0 Å². The first kappa shape index (κ1) is 17.9. The van der Waals surface area contributed by atoms with Gasteiger partial charge in [-0.05, 0) is 50.2 Å². The number of imidazole rings is 1. The van der Waals surface area contributed by atoms with Crippen molar-refractivity contribution in [2.75, 3.05) is 18.0 Å². The summed E-state index contributed by atoms with van der Waals surface area (Å²) in [7, 11) is 1.94. The van der Waals surface area contributed by atoms with Crippen LogP contribution in [0, 0.1) is 0 Å². The fourth-order valence-corrected chi connectivity index (χ4v) is 5.61. The van der Waals surface area contributed by atoms with Crippen LogP contribution in [-0.2, 0) is 23.9 Å². The van der Waals surface area contributed by atoms with Gasteiger partial charge >= 0.3 is 0 Å². The Bertz CT molecular complexity index is 878. The molecule has 6 heteroatoms. The molecule has 3 aliphatic rings. The number of amides is 1. The van der Waals surface area contributed by atoms with E-state index in [4.69, 9.17) is 0 Å². The van der Waals surface area contributed by atoms with Gasteiger partial charge < -0.3 is 14.6 Å². The summed E-state index contributed by atoms with van der Waals surface area (Å²) < 4.78 is 1.92. The molecule has 1 amide bonds. The van der Waals surface area contributed by atoms with Crippen LogP contribution in [0.2, 0.25) is 0 Å². The minimum absolute atomic E-state index is 0.187. The molecule has 0 saturated carbocycles. The molecule has 0 aliphatic carbocycles. The Balaban J connectivity index is 1.33. The number of anilines is 1. The number of piperidine rings is 1. The minimum atomic E-state index is -0.888. The highest BCUT2D eigenvalue weighted by atomic mass is 16.3. The molecule has 2 fully saturated rings. The summed E-state index contributed by atoms with van der Waals surface area (Å²) in [5.74, 6) is 0.937. The van der Waals surface area contributed by atoms with Gasteiger partial charge in [0.25, 0.3) is 0 Å². The third-order valence-electron chi connectivity index (χ3n) is 6.88. The van der Waals surface area contributed by atoms with E-state index < -0.39 is 5.60 Å². The van der Waals surface area contributed by atoms with Crippen molar-refractivity contribution in [3.05, 3.63) is 48.0 Å². The second-order valence-electron chi connectivity index (χ2n) is 8.64. The molecule has 1 aromatic heterocycles. The third-order valence-corrected chi connectivity index (χ3v) is 6.88. The smallest absolute Gasteiger partial charge is 0.241 e. The van der Waals surface area contributed by atoms with Crippen molar-refractivity contribution < 1.29 is 9.90 Å². The molecule has 2 unspecified atom stereocenters. The van der Waals surface area contributed by atoms with Crippen molar-refractivity contribution in [3.8, 4) is 0 Å². The van der Waals surface area contributed by atoms with Crippen molar-refractivity contribution in [2.45, 2.75) is 56.2 Å². The molecule has 148 valence electrons. The fraction of sp³-hybridized carbons (Fsp3) is 0.545. The molecule has 6 nitrogen and oxygen atoms in total. The van der Waals surface area contributed by atoms with E-state index in [2.05, 4.69) is 28.1 Å². The maximum atomic E-state index is 13.2. The molecular weight excluding hydrogens is 352 g/mol. The van der Waals surface area contributed by atoms with Crippen LogP contribution < -0.4 is 4.90 Å². The summed E-state index contributed by atoms with van der Waals surface area (Å²) >= 11 is 0. The van der Waals surface area contributed by atoms with Crippen LogP contribution in [0.15, 0.2) is 36.7 Å². The van der Waals surface area contributed by atoms with Crippen molar-refractivity contribution in [1.82, 2.24) is 14.5 Å². The zero-order valence-corrected chi connectivity index (χ0v) is 16.4. The Hall–Kier alpha value is -2.18. The number of aliphatic hydroxyl groups is 1. The first-order valence-electron chi connectivity index (χ1n) is 10.4. The SMILES string of the molecule is Cn1ccnc1C1(O)CC2CCC(C1)N2CC(=O)N1CCCc2ccccc21. The van der Waals surface area contributed by atoms with Crippen LogP contribution in [0.1, 0.15) is 43.5 Å². The number of nitrogens with zero attached hydrogens (tertiary/aromatic N) is 4. The number of carbonyl (C=O) groups excluding carboxylic acids is 1. The van der Waals surface area contributed by atoms with E-state index in [9.17, 15) is 9.90 Å². The van der Waals surface area contributed by atoms with E-state index in [0.29, 0.717) is 19.4 Å². The molecular formula is C22H28N4O2. The molecule has 2 bridgehead atoms. The third kappa shape index (κ3) is 2.86. The number of benzene rings is 1. The molecule has 1 N–H and O–H groups in total. The molecule has 2 saturated heterocycles. The maximum absolute atomic E-state index is 13.2. The molecule has 28 heavy (non-hydrogen) atoms. The number of aromatic nitrogens is 2. The van der Waals surface area contributed by atoms with Crippen molar-refractivity contribution >= 4 is 11.6 Å². The Morgan fingerprint density at radius 2 is 2.00 bits per heavy atom. The summed E-state index contributed by atoms with van der Waals surface area (Å²) in [5, 5.41) is 11.3. The van der Waals surface area contributed by atoms with Gasteiger partial charge in [0.15, 0.2) is 0 Å². The molecule has 3 aliphatic heterocycles. The monoisotopic (exact) mass is 380 g/mol. The Morgan fingerprint density at radius 1 is 1.25 bits per heavy atom. The Morgan fingerprint density at radius 3 is 2.71 bits per heavy atom. The van der Waals surface area contributed by atoms with E-state index in [1.807, 2.05) is 28.8 Å². The number of para-hydroxylation sites is 1. The first-order chi connectivity index (χ1) is 13.5. The van der Waals surface area contributed by atoms with Gasteiger partial charge in [0.2, 0.25) is 5.91 Å². The average Bonchev–Trinajstić information content (AvgIpc) is 3.23. The Kier molecular flexibility index (Phi) is 4.29. The number of hydrogen-bond acceptors (Lipinski definition) is 4. The number of carbonyl (C=O) groups is 1. The summed E-state index contributed by atoms with van der Waals surface area (Å²) in [4.78, 5) is 21.9. The van der Waals surface area contributed by atoms with Gasteiger partial charge in [-0.15, -0.1) is 0 Å². The van der Waals surface area contributed by atoms with E-state index in [1.165, 1.54) is 5.56 Å². The first-order valence-corrected chi connectivity index (χ1v) is 10.4. The predicted molar refractivity (Wildman–Crippen MR) is 107 cm³/mol. The highest BCUT2D eigenvalue weighted by Gasteiger charge is 2.50. The lowest BCUT2D eigenvalue weighted by atomic mass is 9.85. The van der Waals surface area contributed by atoms with Crippen molar-refractivity contribution in [1.29, 1.82) is 0 Å². The van der Waals surface area contributed by atoms with Crippen molar-refractivity contribution in [3.63, 3.8) is 0 Å². The van der Waals surface area contributed by atoms with Crippen LogP contribution in [0.25, 0.3) is 0 Å². The van der Waals surface area contributed by atoms with Crippen LogP contribution in [0.5, 0.6) is 0 Å². The van der Waals surface area contributed by atoms with Gasteiger partial charge in [0, 0.05) is 43.8 Å². The van der Waals surface area contributed by atoms with Gasteiger partial charge in [0.05, 0.1) is 6.54 Å². The highest BCUT2D eigenvalue weighted by molar-refractivity contribution is 5.96. The number of fused-ring (bicyclic) bond motifs is 3. The lowest BCUT2D eigenvalue weighted by Gasteiger charge is -2.43. The van der Waals surface area contributed by atoms with Crippen molar-refractivity contribution in [2.24, 2.45) is 7.05 Å². The molecule has 0 spiro atoms. The second-order valence-corrected chi connectivity index (χ2v) is 8.64. The zero-order chi connectivity index (χ0) is 19.3. The van der Waals surface area contributed by atoms with Gasteiger partial charge in [-0.1, -0.05) is 18.2 Å². The highest BCUT2D eigenvalue weighted by Crippen LogP contribution is 2.45. The minimum Gasteiger partial charge on any atom is -0.382 e. The fourth-order valence-electron chi connectivity index (χ4n) is 5.61. The van der Waals surface area contributed by atoms with Gasteiger partial charge in [-0.25, -0.2) is 4.98 Å². The second kappa shape index (κ2) is 6.71. The topological polar surface area (TPSA) is 61.6 Å². The predicted octanol–water partition coefficient (Wildman–Crippen LogP) is 2.21. The average molecular weight is 380 g/mol. The molecule has 2 atom stereocenters. The lowest BCUT2D eigenvalue weighted by Crippen LogP contribution is -2.54. The standard InChI is InChI=1S/C22H28N4O2/c1-24-12-10-23-21(24)22(28)13-17-8-9-18(14-22)26(17)15-20(27)25-11-4-6-16-5-2-3-7-19(16)25/h2-3,5,7,10,12,17-18,28H,4,6,8-9,11,13-15H2,1H3. The number of rotatable bonds is 3. The quantitative estimate of drug-likeness (QED) is 0.887. The summed E-state index contributed by atoms with van der Waals surface area (Å²) in [5.41, 5.74) is 1.46. The zero-order valence-electron chi connectivity index (χ0n) is 16.4. The lowest BCUT2D eigenvalue weighted by molar-refractivity contribution is -0.123. The normalized spacial score (nSPS) is 29.7. The van der Waals surface area contributed by atoms with Gasteiger partial charge in [0.1, 0.15) is 11.4 Å². The van der Waals surface area contributed by atoms with Crippen LogP contribution in [0.4, 0.5) is 5.69 Å². The molecule has 0 radical (unpaired) electrons. The van der Waals surface area contributed by atoms with Gasteiger partial charge in [-0.2, -0.15) is 0 Å². The summed E-state index contributed by atoms with van der Waals surface area (Å²) in [6.07, 6.45) is 9.09. The van der Waals surface area contributed by atoms with E-state index >= 15 is 0 Å². The largest absolute Gasteiger partial charge is 0.382 e. The summed E-state index contributed by atoms with van der Waals surface area (Å²) in [6.45, 7) is 1.25. The maximum Gasteiger partial charge on any atom is 0.241 e. The van der Waals surface area contributed by atoms with Gasteiger partial charge in [-0.3, -0.25) is 9.69 Å². The Labute approximate surface area is 165 Å². The van der Waals surface area contributed by atoms with E-state index in [-0.39, 0.29) is 18.0 Å². The van der Waals surface area contributed by atoms with Crippen LogP contribution >= 0.6 is 0 Å². The molecule has 2 aromatic rings.